The third-order valence-electron chi connectivity index (χ3n) is 4.40. The van der Waals surface area contributed by atoms with Crippen LogP contribution in [0.4, 0.5) is 11.6 Å². The number of carbonyl (C=O) groups excluding carboxylic acids is 1. The first-order valence-corrected chi connectivity index (χ1v) is 8.62. The first kappa shape index (κ1) is 15.6. The molecule has 0 aliphatic carbocycles. The van der Waals surface area contributed by atoms with E-state index in [1.165, 1.54) is 31.9 Å². The first-order chi connectivity index (χ1) is 12.3. The predicted octanol–water partition coefficient (Wildman–Crippen LogP) is 2.76. The molecule has 7 nitrogen and oxygen atoms in total. The summed E-state index contributed by atoms with van der Waals surface area (Å²) in [4.78, 5) is 22.9. The number of hydrogen-bond donors (Lipinski definition) is 1. The third kappa shape index (κ3) is 3.45. The Hall–Kier alpha value is -2.96. The van der Waals surface area contributed by atoms with Gasteiger partial charge in [0.25, 0.3) is 5.91 Å². The molecule has 0 spiro atoms. The van der Waals surface area contributed by atoms with Gasteiger partial charge in [-0.15, -0.1) is 5.10 Å². The van der Waals surface area contributed by atoms with E-state index in [-0.39, 0.29) is 5.91 Å². The van der Waals surface area contributed by atoms with Gasteiger partial charge in [-0.25, -0.2) is 9.50 Å². The summed E-state index contributed by atoms with van der Waals surface area (Å²) in [6.07, 6.45) is 9.89. The molecule has 1 aliphatic heterocycles. The van der Waals surface area contributed by atoms with Crippen LogP contribution in [0.25, 0.3) is 5.65 Å². The number of imidazole rings is 1. The highest BCUT2D eigenvalue weighted by Gasteiger charge is 2.13. The molecule has 1 fully saturated rings. The second-order valence-corrected chi connectivity index (χ2v) is 6.22. The van der Waals surface area contributed by atoms with E-state index in [4.69, 9.17) is 0 Å². The molecule has 0 unspecified atom stereocenters. The van der Waals surface area contributed by atoms with E-state index in [2.05, 4.69) is 25.3 Å². The van der Waals surface area contributed by atoms with E-state index in [1.807, 2.05) is 12.1 Å². The van der Waals surface area contributed by atoms with Crippen LogP contribution < -0.4 is 10.2 Å². The van der Waals surface area contributed by atoms with E-state index < -0.39 is 0 Å². The molecule has 1 saturated heterocycles. The van der Waals surface area contributed by atoms with Crippen LogP contribution in [0, 0.1) is 0 Å². The van der Waals surface area contributed by atoms with Gasteiger partial charge >= 0.3 is 0 Å². The Morgan fingerprint density at radius 2 is 1.92 bits per heavy atom. The molecule has 4 heterocycles. The fourth-order valence-corrected chi connectivity index (χ4v) is 3.09. The second-order valence-electron chi connectivity index (χ2n) is 6.22. The van der Waals surface area contributed by atoms with Crippen LogP contribution in [0.5, 0.6) is 0 Å². The Labute approximate surface area is 145 Å². The largest absolute Gasteiger partial charge is 0.355 e. The minimum atomic E-state index is -0.232. The molecule has 0 bridgehead atoms. The maximum absolute atomic E-state index is 12.2. The topological polar surface area (TPSA) is 75.4 Å². The van der Waals surface area contributed by atoms with Crippen LogP contribution in [0.15, 0.2) is 42.9 Å². The van der Waals surface area contributed by atoms with E-state index in [0.29, 0.717) is 17.0 Å². The zero-order chi connectivity index (χ0) is 17.1. The number of rotatable bonds is 3. The molecule has 1 amide bonds. The maximum Gasteiger partial charge on any atom is 0.258 e. The number of pyridine rings is 1. The molecule has 0 radical (unpaired) electrons. The van der Waals surface area contributed by atoms with Crippen molar-refractivity contribution in [3.05, 3.63) is 48.4 Å². The Morgan fingerprint density at radius 1 is 1.08 bits per heavy atom. The van der Waals surface area contributed by atoms with E-state index >= 15 is 0 Å². The molecule has 1 aliphatic rings. The Bertz CT molecular complexity index is 868. The summed E-state index contributed by atoms with van der Waals surface area (Å²) in [5, 5.41) is 7.45. The van der Waals surface area contributed by atoms with Crippen molar-refractivity contribution in [2.24, 2.45) is 0 Å². The lowest BCUT2D eigenvalue weighted by atomic mass is 10.2. The highest BCUT2D eigenvalue weighted by atomic mass is 16.1. The van der Waals surface area contributed by atoms with Gasteiger partial charge in [-0.1, -0.05) is 12.8 Å². The molecule has 7 heteroatoms. The molecule has 128 valence electrons. The molecule has 3 aromatic heterocycles. The summed E-state index contributed by atoms with van der Waals surface area (Å²) in [7, 11) is 0. The lowest BCUT2D eigenvalue weighted by Crippen LogP contribution is -2.25. The van der Waals surface area contributed by atoms with Gasteiger partial charge in [-0.2, -0.15) is 0 Å². The van der Waals surface area contributed by atoms with Crippen LogP contribution in [0.3, 0.4) is 0 Å². The van der Waals surface area contributed by atoms with Crippen LogP contribution >= 0.6 is 0 Å². The number of hydrogen-bond acceptors (Lipinski definition) is 5. The van der Waals surface area contributed by atoms with Crippen LogP contribution in [0.1, 0.15) is 36.0 Å². The average molecular weight is 336 g/mol. The Kier molecular flexibility index (Phi) is 4.28. The molecule has 3 aromatic rings. The van der Waals surface area contributed by atoms with Crippen molar-refractivity contribution in [3.63, 3.8) is 0 Å². The lowest BCUT2D eigenvalue weighted by Gasteiger charge is -2.20. The van der Waals surface area contributed by atoms with Crippen LogP contribution in [0.2, 0.25) is 0 Å². The number of amides is 1. The van der Waals surface area contributed by atoms with Gasteiger partial charge in [0, 0.05) is 25.5 Å². The molecule has 0 atom stereocenters. The van der Waals surface area contributed by atoms with Gasteiger partial charge in [0.1, 0.15) is 5.82 Å². The normalized spacial score (nSPS) is 15.1. The molecular formula is C18H20N6O. The third-order valence-corrected chi connectivity index (χ3v) is 4.40. The van der Waals surface area contributed by atoms with Gasteiger partial charge in [-0.05, 0) is 37.1 Å². The van der Waals surface area contributed by atoms with Crippen LogP contribution in [-0.4, -0.2) is 38.6 Å². The monoisotopic (exact) mass is 336 g/mol. The zero-order valence-corrected chi connectivity index (χ0v) is 13.9. The molecule has 0 aromatic carbocycles. The van der Waals surface area contributed by atoms with Crippen molar-refractivity contribution in [2.45, 2.75) is 25.7 Å². The standard InChI is InChI=1S/C18H20N6O/c25-18(14-6-5-9-19-12-14)21-15-13-24-16(20-15)7-8-17(22-24)23-10-3-1-2-4-11-23/h5-9,12-13H,1-4,10-11H2,(H,21,25). The van der Waals surface area contributed by atoms with Crippen molar-refractivity contribution in [1.29, 1.82) is 0 Å². The van der Waals surface area contributed by atoms with E-state index in [9.17, 15) is 4.79 Å². The summed E-state index contributed by atoms with van der Waals surface area (Å²) in [6, 6.07) is 7.38. The number of aromatic nitrogens is 4. The van der Waals surface area contributed by atoms with E-state index in [1.54, 1.807) is 29.0 Å². The maximum atomic E-state index is 12.2. The predicted molar refractivity (Wildman–Crippen MR) is 95.9 cm³/mol. The van der Waals surface area contributed by atoms with Crippen molar-refractivity contribution in [1.82, 2.24) is 19.6 Å². The number of nitrogens with one attached hydrogen (secondary N) is 1. The van der Waals surface area contributed by atoms with Crippen LogP contribution in [-0.2, 0) is 0 Å². The SMILES string of the molecule is O=C(Nc1cn2nc(N3CCCCCC3)ccc2n1)c1cccnc1. The van der Waals surface area contributed by atoms with Crippen molar-refractivity contribution >= 4 is 23.2 Å². The van der Waals surface area contributed by atoms with E-state index in [0.717, 1.165) is 18.9 Å². The van der Waals surface area contributed by atoms with Gasteiger partial charge in [0.05, 0.1) is 11.8 Å². The minimum Gasteiger partial charge on any atom is -0.355 e. The quantitative estimate of drug-likeness (QED) is 0.796. The van der Waals surface area contributed by atoms with Gasteiger partial charge in [0.2, 0.25) is 0 Å². The summed E-state index contributed by atoms with van der Waals surface area (Å²) < 4.78 is 1.72. The number of anilines is 2. The summed E-state index contributed by atoms with van der Waals surface area (Å²) in [5.74, 6) is 1.20. The molecule has 4 rings (SSSR count). The number of fused-ring (bicyclic) bond motifs is 1. The molecule has 0 saturated carbocycles. The average Bonchev–Trinajstić information content (AvgIpc) is 2.85. The first-order valence-electron chi connectivity index (χ1n) is 8.62. The van der Waals surface area contributed by atoms with Crippen molar-refractivity contribution in [3.8, 4) is 0 Å². The van der Waals surface area contributed by atoms with Gasteiger partial charge in [0.15, 0.2) is 11.5 Å². The second kappa shape index (κ2) is 6.88. The Balaban J connectivity index is 1.55. The van der Waals surface area contributed by atoms with Gasteiger partial charge in [-0.3, -0.25) is 9.78 Å². The van der Waals surface area contributed by atoms with Gasteiger partial charge < -0.3 is 10.2 Å². The van der Waals surface area contributed by atoms with Crippen molar-refractivity contribution in [2.75, 3.05) is 23.3 Å². The van der Waals surface area contributed by atoms with Crippen molar-refractivity contribution < 1.29 is 4.79 Å². The number of nitrogens with zero attached hydrogens (tertiary/aromatic N) is 5. The number of carbonyl (C=O) groups is 1. The molecule has 25 heavy (non-hydrogen) atoms. The lowest BCUT2D eigenvalue weighted by molar-refractivity contribution is 0.102. The Morgan fingerprint density at radius 3 is 2.68 bits per heavy atom. The molecule has 1 N–H and O–H groups in total. The summed E-state index contributed by atoms with van der Waals surface area (Å²) in [6.45, 7) is 2.08. The minimum absolute atomic E-state index is 0.232. The fraction of sp³-hybridized carbons (Fsp3) is 0.333. The highest BCUT2D eigenvalue weighted by molar-refractivity contribution is 6.03. The molecular weight excluding hydrogens is 316 g/mol. The summed E-state index contributed by atoms with van der Waals surface area (Å²) >= 11 is 0. The fourth-order valence-electron chi connectivity index (χ4n) is 3.09. The summed E-state index contributed by atoms with van der Waals surface area (Å²) in [5.41, 5.74) is 1.21. The highest BCUT2D eigenvalue weighted by Crippen LogP contribution is 2.19. The smallest absolute Gasteiger partial charge is 0.258 e. The zero-order valence-electron chi connectivity index (χ0n) is 13.9.